The van der Waals surface area contributed by atoms with E-state index in [0.717, 1.165) is 13.1 Å². The minimum absolute atomic E-state index is 0.495. The molecule has 0 aliphatic rings. The second kappa shape index (κ2) is 7.25. The number of nitrogens with zero attached hydrogens (tertiary/aromatic N) is 1. The summed E-state index contributed by atoms with van der Waals surface area (Å²) >= 11 is 1.73. The van der Waals surface area contributed by atoms with E-state index in [4.69, 9.17) is 5.11 Å². The van der Waals surface area contributed by atoms with Gasteiger partial charge in [-0.15, -0.1) is 11.3 Å². The number of aliphatic carboxylic acids is 1. The van der Waals surface area contributed by atoms with Crippen LogP contribution in [0.4, 0.5) is 0 Å². The van der Waals surface area contributed by atoms with Gasteiger partial charge in [-0.2, -0.15) is 0 Å². The molecule has 1 heterocycles. The summed E-state index contributed by atoms with van der Waals surface area (Å²) in [4.78, 5) is 14.4. The Morgan fingerprint density at radius 1 is 1.53 bits per heavy atom. The van der Waals surface area contributed by atoms with Gasteiger partial charge in [-0.3, -0.25) is 4.90 Å². The first-order valence-electron chi connectivity index (χ1n) is 5.84. The lowest BCUT2D eigenvalue weighted by Gasteiger charge is -2.17. The zero-order valence-corrected chi connectivity index (χ0v) is 11.2. The highest BCUT2D eigenvalue weighted by Crippen LogP contribution is 2.12. The van der Waals surface area contributed by atoms with Crippen molar-refractivity contribution in [3.8, 4) is 0 Å². The van der Waals surface area contributed by atoms with Gasteiger partial charge in [0.1, 0.15) is 0 Å². The highest BCUT2D eigenvalue weighted by Gasteiger charge is 2.06. The van der Waals surface area contributed by atoms with E-state index < -0.39 is 5.97 Å². The van der Waals surface area contributed by atoms with Gasteiger partial charge < -0.3 is 5.11 Å². The van der Waals surface area contributed by atoms with Crippen molar-refractivity contribution in [3.63, 3.8) is 0 Å². The summed E-state index contributed by atoms with van der Waals surface area (Å²) in [6, 6.07) is 4.15. The second-order valence-corrected chi connectivity index (χ2v) is 4.83. The lowest BCUT2D eigenvalue weighted by molar-refractivity contribution is -0.132. The van der Waals surface area contributed by atoms with Crippen molar-refractivity contribution < 1.29 is 9.90 Å². The molecule has 1 N–H and O–H groups in total. The largest absolute Gasteiger partial charge is 0.478 e. The average molecular weight is 253 g/mol. The molecular weight excluding hydrogens is 234 g/mol. The summed E-state index contributed by atoms with van der Waals surface area (Å²) in [7, 11) is 0. The maximum absolute atomic E-state index is 10.9. The van der Waals surface area contributed by atoms with Crippen molar-refractivity contribution in [1.82, 2.24) is 4.90 Å². The van der Waals surface area contributed by atoms with Crippen molar-refractivity contribution in [2.75, 3.05) is 13.1 Å². The van der Waals surface area contributed by atoms with E-state index in [0.29, 0.717) is 18.5 Å². The van der Waals surface area contributed by atoms with Crippen LogP contribution in [0.1, 0.15) is 25.1 Å². The Morgan fingerprint density at radius 2 is 2.29 bits per heavy atom. The Kier molecular flexibility index (Phi) is 5.94. The molecular formula is C13H19NO2S. The van der Waals surface area contributed by atoms with E-state index in [1.54, 1.807) is 11.3 Å². The molecule has 0 spiro atoms. The summed E-state index contributed by atoms with van der Waals surface area (Å²) in [5, 5.41) is 11.0. The highest BCUT2D eigenvalue weighted by molar-refractivity contribution is 7.09. The number of rotatable bonds is 7. The average Bonchev–Trinajstić information content (AvgIpc) is 2.80. The van der Waals surface area contributed by atoms with Gasteiger partial charge in [0.05, 0.1) is 0 Å². The maximum atomic E-state index is 10.9. The molecule has 0 saturated carbocycles. The number of carboxylic acid groups (broad SMARTS) is 1. The van der Waals surface area contributed by atoms with E-state index in [1.165, 1.54) is 4.88 Å². The minimum Gasteiger partial charge on any atom is -0.478 e. The second-order valence-electron chi connectivity index (χ2n) is 3.80. The predicted octanol–water partition coefficient (Wildman–Crippen LogP) is 2.99. The van der Waals surface area contributed by atoms with E-state index >= 15 is 0 Å². The molecule has 0 aromatic carbocycles. The van der Waals surface area contributed by atoms with E-state index in [9.17, 15) is 4.79 Å². The molecule has 0 radical (unpaired) electrons. The van der Waals surface area contributed by atoms with Gasteiger partial charge in [-0.1, -0.05) is 26.0 Å². The first-order valence-corrected chi connectivity index (χ1v) is 6.72. The summed E-state index contributed by atoms with van der Waals surface area (Å²) in [5.74, 6) is -0.806. The lowest BCUT2D eigenvalue weighted by atomic mass is 10.2. The van der Waals surface area contributed by atoms with Gasteiger partial charge in [-0.25, -0.2) is 4.79 Å². The summed E-state index contributed by atoms with van der Waals surface area (Å²) in [6.07, 6.45) is 2.39. The molecule has 4 heteroatoms. The fourth-order valence-corrected chi connectivity index (χ4v) is 2.30. The van der Waals surface area contributed by atoms with E-state index in [-0.39, 0.29) is 0 Å². The number of hydrogen-bond acceptors (Lipinski definition) is 3. The number of likely N-dealkylation sites (N-methyl/N-ethyl adjacent to an activating group) is 1. The van der Waals surface area contributed by atoms with Gasteiger partial charge in [-0.05, 0) is 24.4 Å². The van der Waals surface area contributed by atoms with Crippen LogP contribution in [-0.2, 0) is 11.3 Å². The number of carbonyl (C=O) groups is 1. The number of carboxylic acids is 1. The zero-order chi connectivity index (χ0) is 12.7. The third kappa shape index (κ3) is 4.71. The Morgan fingerprint density at radius 3 is 2.76 bits per heavy atom. The molecule has 0 unspecified atom stereocenters. The van der Waals surface area contributed by atoms with Crippen LogP contribution < -0.4 is 0 Å². The van der Waals surface area contributed by atoms with Crippen LogP contribution in [0.3, 0.4) is 0 Å². The van der Waals surface area contributed by atoms with Gasteiger partial charge in [0.2, 0.25) is 0 Å². The number of hydrogen-bond donors (Lipinski definition) is 1. The molecule has 94 valence electrons. The Hall–Kier alpha value is -1.13. The molecule has 1 aromatic rings. The van der Waals surface area contributed by atoms with Crippen LogP contribution in [0.15, 0.2) is 29.2 Å². The first-order chi connectivity index (χ1) is 8.17. The van der Waals surface area contributed by atoms with Crippen molar-refractivity contribution in [2.24, 2.45) is 0 Å². The molecule has 0 saturated heterocycles. The van der Waals surface area contributed by atoms with Crippen LogP contribution in [0.2, 0.25) is 0 Å². The van der Waals surface area contributed by atoms with Gasteiger partial charge in [0, 0.05) is 23.5 Å². The van der Waals surface area contributed by atoms with Crippen LogP contribution in [0, 0.1) is 0 Å². The van der Waals surface area contributed by atoms with Gasteiger partial charge >= 0.3 is 5.97 Å². The van der Waals surface area contributed by atoms with Crippen molar-refractivity contribution in [2.45, 2.75) is 26.8 Å². The highest BCUT2D eigenvalue weighted by atomic mass is 32.1. The fourth-order valence-electron chi connectivity index (χ4n) is 1.55. The molecule has 0 atom stereocenters. The molecule has 17 heavy (non-hydrogen) atoms. The first kappa shape index (κ1) is 13.9. The molecule has 0 aliphatic heterocycles. The Balaban J connectivity index is 2.55. The van der Waals surface area contributed by atoms with Crippen molar-refractivity contribution in [3.05, 3.63) is 34.0 Å². The zero-order valence-electron chi connectivity index (χ0n) is 10.3. The quantitative estimate of drug-likeness (QED) is 0.759. The monoisotopic (exact) mass is 253 g/mol. The summed E-state index contributed by atoms with van der Waals surface area (Å²) < 4.78 is 0. The summed E-state index contributed by atoms with van der Waals surface area (Å²) in [6.45, 7) is 6.47. The third-order valence-corrected chi connectivity index (χ3v) is 3.52. The van der Waals surface area contributed by atoms with E-state index in [1.807, 2.05) is 19.1 Å². The SMILES string of the molecule is CCC(=CCN(CC)Cc1cccs1)C(=O)O. The van der Waals surface area contributed by atoms with E-state index in [2.05, 4.69) is 23.3 Å². The van der Waals surface area contributed by atoms with Gasteiger partial charge in [0.25, 0.3) is 0 Å². The van der Waals surface area contributed by atoms with Crippen LogP contribution in [0.25, 0.3) is 0 Å². The lowest BCUT2D eigenvalue weighted by Crippen LogP contribution is -2.23. The molecule has 1 rings (SSSR count). The molecule has 0 bridgehead atoms. The van der Waals surface area contributed by atoms with Crippen LogP contribution in [0.5, 0.6) is 0 Å². The molecule has 0 amide bonds. The number of thiophene rings is 1. The van der Waals surface area contributed by atoms with Crippen molar-refractivity contribution >= 4 is 17.3 Å². The Labute approximate surface area is 106 Å². The molecule has 3 nitrogen and oxygen atoms in total. The normalized spacial score (nSPS) is 12.1. The van der Waals surface area contributed by atoms with Crippen molar-refractivity contribution in [1.29, 1.82) is 0 Å². The third-order valence-electron chi connectivity index (χ3n) is 2.66. The van der Waals surface area contributed by atoms with Gasteiger partial charge in [0.15, 0.2) is 0 Å². The molecule has 0 aliphatic carbocycles. The molecule has 1 aromatic heterocycles. The standard InChI is InChI=1S/C13H19NO2S/c1-3-11(13(15)16)7-8-14(4-2)10-12-6-5-9-17-12/h5-7,9H,3-4,8,10H2,1-2H3,(H,15,16). The maximum Gasteiger partial charge on any atom is 0.331 e. The Bertz CT molecular complexity index is 371. The molecule has 0 fully saturated rings. The topological polar surface area (TPSA) is 40.5 Å². The fraction of sp³-hybridized carbons (Fsp3) is 0.462. The minimum atomic E-state index is -0.806. The summed E-state index contributed by atoms with van der Waals surface area (Å²) in [5.41, 5.74) is 0.495. The van der Waals surface area contributed by atoms with Crippen LogP contribution >= 0.6 is 11.3 Å². The predicted molar refractivity (Wildman–Crippen MR) is 71.3 cm³/mol. The smallest absolute Gasteiger partial charge is 0.331 e. The van der Waals surface area contributed by atoms with Crippen LogP contribution in [-0.4, -0.2) is 29.1 Å².